The van der Waals surface area contributed by atoms with Crippen molar-refractivity contribution >= 4 is 17.8 Å². The Labute approximate surface area is 150 Å². The summed E-state index contributed by atoms with van der Waals surface area (Å²) < 4.78 is 5.26. The fourth-order valence-corrected chi connectivity index (χ4v) is 2.69. The van der Waals surface area contributed by atoms with Gasteiger partial charge < -0.3 is 15.4 Å². The molecule has 0 radical (unpaired) electrons. The molecule has 0 spiro atoms. The highest BCUT2D eigenvalue weighted by Crippen LogP contribution is 2.17. The molecule has 0 atom stereocenters. The molecule has 2 N–H and O–H groups in total. The maximum absolute atomic E-state index is 12.3. The van der Waals surface area contributed by atoms with E-state index in [1.54, 1.807) is 31.4 Å². The summed E-state index contributed by atoms with van der Waals surface area (Å²) >= 11 is 0. The van der Waals surface area contributed by atoms with E-state index in [-0.39, 0.29) is 24.9 Å². The molecule has 26 heavy (non-hydrogen) atoms. The first-order valence-electron chi connectivity index (χ1n) is 8.15. The lowest BCUT2D eigenvalue weighted by atomic mass is 10.1. The van der Waals surface area contributed by atoms with Crippen LogP contribution in [0.15, 0.2) is 48.5 Å². The number of hydrogen-bond acceptors (Lipinski definition) is 4. The Morgan fingerprint density at radius 3 is 2.54 bits per heavy atom. The number of hydrogen-bond donors (Lipinski definition) is 2. The topological polar surface area (TPSA) is 87.7 Å². The second-order valence-corrected chi connectivity index (χ2v) is 5.83. The van der Waals surface area contributed by atoms with Gasteiger partial charge in [-0.05, 0) is 23.8 Å². The average molecular weight is 353 g/mol. The predicted octanol–water partition coefficient (Wildman–Crippen LogP) is 1.68. The van der Waals surface area contributed by atoms with Crippen molar-refractivity contribution in [3.8, 4) is 5.75 Å². The van der Waals surface area contributed by atoms with Gasteiger partial charge in [0.25, 0.3) is 5.91 Å². The second kappa shape index (κ2) is 7.69. The molecular weight excluding hydrogens is 334 g/mol. The SMILES string of the molecule is COc1ccccc1CNC(=O)c1ccc(CN2C(=O)CNC2=O)cc1. The molecule has 3 rings (SSSR count). The largest absolute Gasteiger partial charge is 0.496 e. The standard InChI is InChI=1S/C19H19N3O4/c1-26-16-5-3-2-4-15(16)10-20-18(24)14-8-6-13(7-9-14)12-22-17(23)11-21-19(22)25/h2-9H,10-12H2,1H3,(H,20,24)(H,21,25). The third-order valence-corrected chi connectivity index (χ3v) is 4.13. The van der Waals surface area contributed by atoms with Gasteiger partial charge >= 0.3 is 6.03 Å². The van der Waals surface area contributed by atoms with Crippen molar-refractivity contribution in [1.29, 1.82) is 0 Å². The first-order chi connectivity index (χ1) is 12.6. The monoisotopic (exact) mass is 353 g/mol. The highest BCUT2D eigenvalue weighted by molar-refractivity contribution is 6.01. The molecule has 0 aromatic heterocycles. The van der Waals surface area contributed by atoms with Crippen molar-refractivity contribution in [3.05, 3.63) is 65.2 Å². The van der Waals surface area contributed by atoms with Crippen LogP contribution in [0.4, 0.5) is 4.79 Å². The van der Waals surface area contributed by atoms with E-state index in [9.17, 15) is 14.4 Å². The zero-order valence-electron chi connectivity index (χ0n) is 14.3. The molecule has 1 saturated heterocycles. The maximum Gasteiger partial charge on any atom is 0.324 e. The van der Waals surface area contributed by atoms with Crippen molar-refractivity contribution in [2.75, 3.05) is 13.7 Å². The van der Waals surface area contributed by atoms with Gasteiger partial charge in [-0.3, -0.25) is 14.5 Å². The number of rotatable bonds is 6. The van der Waals surface area contributed by atoms with Gasteiger partial charge in [0, 0.05) is 17.7 Å². The number of amides is 4. The molecule has 0 unspecified atom stereocenters. The van der Waals surface area contributed by atoms with E-state index in [0.717, 1.165) is 21.8 Å². The summed E-state index contributed by atoms with van der Waals surface area (Å²) in [6, 6.07) is 13.9. The van der Waals surface area contributed by atoms with Crippen molar-refractivity contribution in [2.45, 2.75) is 13.1 Å². The van der Waals surface area contributed by atoms with Crippen molar-refractivity contribution in [2.24, 2.45) is 0 Å². The van der Waals surface area contributed by atoms with Crippen LogP contribution in [0.1, 0.15) is 21.5 Å². The van der Waals surface area contributed by atoms with Crippen molar-refractivity contribution in [1.82, 2.24) is 15.5 Å². The minimum atomic E-state index is -0.395. The average Bonchev–Trinajstić information content (AvgIpc) is 2.99. The number of methoxy groups -OCH3 is 1. The fraction of sp³-hybridized carbons (Fsp3) is 0.211. The Hall–Kier alpha value is -3.35. The number of ether oxygens (including phenoxy) is 1. The summed E-state index contributed by atoms with van der Waals surface area (Å²) in [5.41, 5.74) is 2.16. The van der Waals surface area contributed by atoms with Crippen LogP contribution >= 0.6 is 0 Å². The molecule has 1 aliphatic rings. The Morgan fingerprint density at radius 1 is 1.15 bits per heavy atom. The van der Waals surface area contributed by atoms with Gasteiger partial charge in [-0.2, -0.15) is 0 Å². The number of nitrogens with one attached hydrogen (secondary N) is 2. The maximum atomic E-state index is 12.3. The first-order valence-corrected chi connectivity index (χ1v) is 8.15. The number of urea groups is 1. The molecule has 1 heterocycles. The number of imide groups is 1. The molecule has 134 valence electrons. The van der Waals surface area contributed by atoms with Crippen molar-refractivity contribution < 1.29 is 19.1 Å². The molecule has 0 aliphatic carbocycles. The number of carbonyl (C=O) groups is 3. The Balaban J connectivity index is 1.60. The summed E-state index contributed by atoms with van der Waals surface area (Å²) in [4.78, 5) is 36.6. The first kappa shape index (κ1) is 17.5. The van der Waals surface area contributed by atoms with E-state index in [1.807, 2.05) is 24.3 Å². The summed E-state index contributed by atoms with van der Waals surface area (Å²) in [7, 11) is 1.59. The minimum Gasteiger partial charge on any atom is -0.496 e. The normalized spacial score (nSPS) is 13.5. The molecule has 0 bridgehead atoms. The van der Waals surface area contributed by atoms with Gasteiger partial charge in [0.2, 0.25) is 5.91 Å². The Bertz CT molecular complexity index is 817. The van der Waals surface area contributed by atoms with Crippen LogP contribution in [0.2, 0.25) is 0 Å². The smallest absolute Gasteiger partial charge is 0.324 e. The Morgan fingerprint density at radius 2 is 1.88 bits per heavy atom. The Kier molecular flexibility index (Phi) is 5.17. The van der Waals surface area contributed by atoms with Gasteiger partial charge in [0.15, 0.2) is 0 Å². The van der Waals surface area contributed by atoms with E-state index in [4.69, 9.17) is 4.74 Å². The minimum absolute atomic E-state index is 0.0300. The van der Waals surface area contributed by atoms with Gasteiger partial charge in [-0.15, -0.1) is 0 Å². The van der Waals surface area contributed by atoms with Gasteiger partial charge in [-0.1, -0.05) is 30.3 Å². The zero-order valence-corrected chi connectivity index (χ0v) is 14.3. The van der Waals surface area contributed by atoms with Gasteiger partial charge in [0.1, 0.15) is 5.75 Å². The van der Waals surface area contributed by atoms with Crippen LogP contribution in [0.25, 0.3) is 0 Å². The fourth-order valence-electron chi connectivity index (χ4n) is 2.69. The lowest BCUT2D eigenvalue weighted by Crippen LogP contribution is -2.30. The van der Waals surface area contributed by atoms with Gasteiger partial charge in [0.05, 0.1) is 20.2 Å². The van der Waals surface area contributed by atoms with Crippen LogP contribution in [-0.2, 0) is 17.9 Å². The van der Waals surface area contributed by atoms with E-state index < -0.39 is 6.03 Å². The molecule has 2 aromatic carbocycles. The van der Waals surface area contributed by atoms with E-state index in [0.29, 0.717) is 12.1 Å². The summed E-state index contributed by atoms with van der Waals surface area (Å²) in [6.07, 6.45) is 0. The zero-order chi connectivity index (χ0) is 18.5. The van der Waals surface area contributed by atoms with Crippen molar-refractivity contribution in [3.63, 3.8) is 0 Å². The van der Waals surface area contributed by atoms with Crippen LogP contribution in [-0.4, -0.2) is 36.4 Å². The quantitative estimate of drug-likeness (QED) is 0.774. The van der Waals surface area contributed by atoms with Crippen LogP contribution in [0.3, 0.4) is 0 Å². The highest BCUT2D eigenvalue weighted by Gasteiger charge is 2.28. The number of carbonyl (C=O) groups excluding carboxylic acids is 3. The third kappa shape index (κ3) is 3.83. The molecule has 2 aromatic rings. The molecular formula is C19H19N3O4. The third-order valence-electron chi connectivity index (χ3n) is 4.13. The molecule has 1 fully saturated rings. The van der Waals surface area contributed by atoms with E-state index in [2.05, 4.69) is 10.6 Å². The predicted molar refractivity (Wildman–Crippen MR) is 94.6 cm³/mol. The van der Waals surface area contributed by atoms with E-state index >= 15 is 0 Å². The van der Waals surface area contributed by atoms with Crippen LogP contribution in [0, 0.1) is 0 Å². The van der Waals surface area contributed by atoms with Crippen LogP contribution in [0.5, 0.6) is 5.75 Å². The lowest BCUT2D eigenvalue weighted by Gasteiger charge is -2.13. The van der Waals surface area contributed by atoms with Gasteiger partial charge in [-0.25, -0.2) is 4.79 Å². The molecule has 7 nitrogen and oxygen atoms in total. The van der Waals surface area contributed by atoms with E-state index in [1.165, 1.54) is 0 Å². The van der Waals surface area contributed by atoms with Crippen LogP contribution < -0.4 is 15.4 Å². The summed E-state index contributed by atoms with van der Waals surface area (Å²) in [6.45, 7) is 0.573. The highest BCUT2D eigenvalue weighted by atomic mass is 16.5. The number of nitrogens with zero attached hydrogens (tertiary/aromatic N) is 1. The number of para-hydroxylation sites is 1. The molecule has 0 saturated carbocycles. The number of benzene rings is 2. The lowest BCUT2D eigenvalue weighted by molar-refractivity contribution is -0.125. The second-order valence-electron chi connectivity index (χ2n) is 5.83. The molecule has 1 aliphatic heterocycles. The summed E-state index contributed by atoms with van der Waals surface area (Å²) in [5.74, 6) is 0.253. The molecule has 4 amide bonds. The summed E-state index contributed by atoms with van der Waals surface area (Å²) in [5, 5.41) is 5.32. The molecule has 7 heteroatoms.